The van der Waals surface area contributed by atoms with E-state index in [2.05, 4.69) is 34.2 Å². The number of nitrogens with one attached hydrogen (secondary N) is 1. The first-order chi connectivity index (χ1) is 11.7. The first-order valence-electron chi connectivity index (χ1n) is 8.62. The van der Waals surface area contributed by atoms with Crippen molar-refractivity contribution in [2.24, 2.45) is 0 Å². The molecule has 1 fully saturated rings. The summed E-state index contributed by atoms with van der Waals surface area (Å²) in [6, 6.07) is 6.15. The Morgan fingerprint density at radius 1 is 1.46 bits per heavy atom. The van der Waals surface area contributed by atoms with Crippen LogP contribution < -0.4 is 10.2 Å². The predicted octanol–water partition coefficient (Wildman–Crippen LogP) is 2.94. The minimum atomic E-state index is -0.156. The van der Waals surface area contributed by atoms with E-state index in [0.717, 1.165) is 30.9 Å². The molecule has 0 radical (unpaired) electrons. The Hall–Kier alpha value is -2.37. The van der Waals surface area contributed by atoms with E-state index in [1.54, 1.807) is 6.20 Å². The normalized spacial score (nSPS) is 17.2. The van der Waals surface area contributed by atoms with Crippen molar-refractivity contribution >= 4 is 11.7 Å². The minimum absolute atomic E-state index is 0.156. The van der Waals surface area contributed by atoms with Gasteiger partial charge in [-0.2, -0.15) is 0 Å². The molecule has 1 aliphatic heterocycles. The summed E-state index contributed by atoms with van der Waals surface area (Å²) in [7, 11) is 0. The summed E-state index contributed by atoms with van der Waals surface area (Å²) in [6.07, 6.45) is 5.94. The van der Waals surface area contributed by atoms with Crippen molar-refractivity contribution in [2.45, 2.75) is 52.1 Å². The maximum Gasteiger partial charge on any atom is 0.253 e. The Morgan fingerprint density at radius 3 is 3.00 bits per heavy atom. The molecule has 1 amide bonds. The summed E-state index contributed by atoms with van der Waals surface area (Å²) in [5.74, 6) is 1.45. The van der Waals surface area contributed by atoms with Gasteiger partial charge in [-0.1, -0.05) is 18.5 Å². The molecule has 3 heterocycles. The fraction of sp³-hybridized carbons (Fsp3) is 0.500. The minimum Gasteiger partial charge on any atom is -0.359 e. The van der Waals surface area contributed by atoms with Gasteiger partial charge in [0, 0.05) is 24.8 Å². The molecule has 6 nitrogen and oxygen atoms in total. The van der Waals surface area contributed by atoms with Crippen LogP contribution in [0.15, 0.2) is 28.9 Å². The van der Waals surface area contributed by atoms with E-state index in [4.69, 9.17) is 4.52 Å². The monoisotopic (exact) mass is 328 g/mol. The maximum atomic E-state index is 12.2. The van der Waals surface area contributed by atoms with Crippen LogP contribution in [0.5, 0.6) is 0 Å². The number of hydrogen-bond acceptors (Lipinski definition) is 5. The third kappa shape index (κ3) is 3.75. The topological polar surface area (TPSA) is 71.3 Å². The van der Waals surface area contributed by atoms with Crippen molar-refractivity contribution in [3.05, 3.63) is 41.4 Å². The van der Waals surface area contributed by atoms with Crippen molar-refractivity contribution in [1.82, 2.24) is 15.5 Å². The number of nitrogens with zero attached hydrogens (tertiary/aromatic N) is 3. The van der Waals surface area contributed by atoms with Gasteiger partial charge in [-0.3, -0.25) is 4.79 Å². The molecule has 128 valence electrons. The van der Waals surface area contributed by atoms with Crippen LogP contribution in [-0.4, -0.2) is 28.6 Å². The number of aryl methyl sites for hydroxylation is 1. The van der Waals surface area contributed by atoms with Gasteiger partial charge >= 0.3 is 0 Å². The average Bonchev–Trinajstić information content (AvgIpc) is 3.22. The molecule has 1 aliphatic rings. The Bertz CT molecular complexity index is 681. The number of anilines is 1. The molecule has 0 bridgehead atoms. The van der Waals surface area contributed by atoms with Crippen LogP contribution in [0.1, 0.15) is 54.9 Å². The van der Waals surface area contributed by atoms with Gasteiger partial charge in [0.05, 0.1) is 17.8 Å². The second-order valence-corrected chi connectivity index (χ2v) is 6.31. The molecule has 1 saturated heterocycles. The highest BCUT2D eigenvalue weighted by molar-refractivity contribution is 5.93. The first kappa shape index (κ1) is 16.5. The summed E-state index contributed by atoms with van der Waals surface area (Å²) in [5.41, 5.74) is 1.48. The highest BCUT2D eigenvalue weighted by Crippen LogP contribution is 2.23. The largest absolute Gasteiger partial charge is 0.359 e. The van der Waals surface area contributed by atoms with E-state index < -0.39 is 0 Å². The lowest BCUT2D eigenvalue weighted by molar-refractivity contribution is 0.0946. The molecule has 1 N–H and O–H groups in total. The van der Waals surface area contributed by atoms with E-state index in [1.807, 2.05) is 18.2 Å². The van der Waals surface area contributed by atoms with Crippen LogP contribution in [0, 0.1) is 0 Å². The van der Waals surface area contributed by atoms with Crippen LogP contribution in [0.25, 0.3) is 0 Å². The van der Waals surface area contributed by atoms with Gasteiger partial charge in [0.2, 0.25) is 0 Å². The molecule has 24 heavy (non-hydrogen) atoms. The zero-order valence-corrected chi connectivity index (χ0v) is 14.3. The van der Waals surface area contributed by atoms with E-state index in [9.17, 15) is 4.79 Å². The van der Waals surface area contributed by atoms with Crippen LogP contribution in [0.4, 0.5) is 5.82 Å². The zero-order valence-electron chi connectivity index (χ0n) is 14.3. The number of hydrogen-bond donors (Lipinski definition) is 1. The van der Waals surface area contributed by atoms with E-state index >= 15 is 0 Å². The Balaban J connectivity index is 1.56. The molecule has 0 aromatic carbocycles. The molecule has 0 saturated carbocycles. The number of rotatable bonds is 6. The summed E-state index contributed by atoms with van der Waals surface area (Å²) in [5, 5.41) is 6.82. The van der Waals surface area contributed by atoms with Gasteiger partial charge in [0.1, 0.15) is 5.82 Å². The lowest BCUT2D eigenvalue weighted by atomic mass is 10.2. The lowest BCUT2D eigenvalue weighted by Crippen LogP contribution is -2.27. The maximum absolute atomic E-state index is 12.2. The Morgan fingerprint density at radius 2 is 2.33 bits per heavy atom. The second kappa shape index (κ2) is 7.47. The number of pyridine rings is 1. The van der Waals surface area contributed by atoms with Crippen LogP contribution in [-0.2, 0) is 13.0 Å². The molecule has 1 atom stereocenters. The molecular formula is C18H24N4O2. The van der Waals surface area contributed by atoms with Gasteiger partial charge in [-0.05, 0) is 38.3 Å². The Labute approximate surface area is 142 Å². The zero-order chi connectivity index (χ0) is 16.9. The van der Waals surface area contributed by atoms with Crippen LogP contribution in [0.2, 0.25) is 0 Å². The fourth-order valence-corrected chi connectivity index (χ4v) is 3.05. The van der Waals surface area contributed by atoms with E-state index in [1.165, 1.54) is 12.8 Å². The van der Waals surface area contributed by atoms with Crippen LogP contribution in [0.3, 0.4) is 0 Å². The van der Waals surface area contributed by atoms with Gasteiger partial charge in [-0.15, -0.1) is 0 Å². The van der Waals surface area contributed by atoms with Gasteiger partial charge in [0.15, 0.2) is 5.76 Å². The number of carbonyl (C=O) groups excluding carboxylic acids is 1. The second-order valence-electron chi connectivity index (χ2n) is 6.31. The van der Waals surface area contributed by atoms with Crippen LogP contribution >= 0.6 is 0 Å². The summed E-state index contributed by atoms with van der Waals surface area (Å²) < 4.78 is 5.21. The molecule has 2 aromatic heterocycles. The molecule has 0 unspecified atom stereocenters. The smallest absolute Gasteiger partial charge is 0.253 e. The van der Waals surface area contributed by atoms with Gasteiger partial charge in [-0.25, -0.2) is 4.98 Å². The first-order valence-corrected chi connectivity index (χ1v) is 8.62. The SMILES string of the molecule is CCCc1cc(CNC(=O)c2ccc(N3CCC[C@@H]3C)nc2)on1. The van der Waals surface area contributed by atoms with E-state index in [-0.39, 0.29) is 5.91 Å². The predicted molar refractivity (Wildman–Crippen MR) is 91.9 cm³/mol. The average molecular weight is 328 g/mol. The quantitative estimate of drug-likeness (QED) is 0.883. The van der Waals surface area contributed by atoms with Crippen molar-refractivity contribution in [1.29, 1.82) is 0 Å². The van der Waals surface area contributed by atoms with Crippen molar-refractivity contribution < 1.29 is 9.32 Å². The van der Waals surface area contributed by atoms with Gasteiger partial charge < -0.3 is 14.7 Å². The van der Waals surface area contributed by atoms with E-state index in [0.29, 0.717) is 23.9 Å². The number of carbonyl (C=O) groups is 1. The molecule has 0 spiro atoms. The molecule has 2 aromatic rings. The van der Waals surface area contributed by atoms with Crippen molar-refractivity contribution in [3.63, 3.8) is 0 Å². The Kier molecular flexibility index (Phi) is 5.13. The summed E-state index contributed by atoms with van der Waals surface area (Å²) in [6.45, 7) is 5.67. The van der Waals surface area contributed by atoms with Crippen molar-refractivity contribution in [2.75, 3.05) is 11.4 Å². The van der Waals surface area contributed by atoms with Gasteiger partial charge in [0.25, 0.3) is 5.91 Å². The highest BCUT2D eigenvalue weighted by Gasteiger charge is 2.21. The molecular weight excluding hydrogens is 304 g/mol. The fourth-order valence-electron chi connectivity index (χ4n) is 3.05. The summed E-state index contributed by atoms with van der Waals surface area (Å²) in [4.78, 5) is 18.9. The third-order valence-corrected chi connectivity index (χ3v) is 4.39. The summed E-state index contributed by atoms with van der Waals surface area (Å²) >= 11 is 0. The highest BCUT2D eigenvalue weighted by atomic mass is 16.5. The molecule has 0 aliphatic carbocycles. The standard InChI is InChI=1S/C18H24N4O2/c1-3-5-15-10-16(24-21-15)12-20-18(23)14-7-8-17(19-11-14)22-9-4-6-13(22)2/h7-8,10-11,13H,3-6,9,12H2,1-2H3,(H,20,23)/t13-/m0/s1. The number of amides is 1. The van der Waals surface area contributed by atoms with Crippen molar-refractivity contribution in [3.8, 4) is 0 Å². The lowest BCUT2D eigenvalue weighted by Gasteiger charge is -2.22. The molecule has 3 rings (SSSR count). The number of aromatic nitrogens is 2. The third-order valence-electron chi connectivity index (χ3n) is 4.39. The molecule has 6 heteroatoms.